The summed E-state index contributed by atoms with van der Waals surface area (Å²) in [4.78, 5) is 0. The summed E-state index contributed by atoms with van der Waals surface area (Å²) in [5.74, 6) is 1.97. The van der Waals surface area contributed by atoms with Gasteiger partial charge in [-0.2, -0.15) is 0 Å². The first kappa shape index (κ1) is 14.4. The van der Waals surface area contributed by atoms with Gasteiger partial charge in [0.25, 0.3) is 0 Å². The summed E-state index contributed by atoms with van der Waals surface area (Å²) in [6.45, 7) is 5.06. The van der Waals surface area contributed by atoms with Crippen LogP contribution in [0.2, 0.25) is 0 Å². The SMILES string of the molecule is CCCOc1ccc(CNCCC2CCCC2)cc1. The Morgan fingerprint density at radius 1 is 1.16 bits per heavy atom. The fourth-order valence-electron chi connectivity index (χ4n) is 2.76. The van der Waals surface area contributed by atoms with Gasteiger partial charge >= 0.3 is 0 Å². The number of hydrogen-bond acceptors (Lipinski definition) is 2. The lowest BCUT2D eigenvalue weighted by atomic mass is 10.0. The summed E-state index contributed by atoms with van der Waals surface area (Å²) in [5.41, 5.74) is 1.34. The second kappa shape index (κ2) is 8.21. The van der Waals surface area contributed by atoms with Crippen LogP contribution < -0.4 is 10.1 Å². The molecule has 19 heavy (non-hydrogen) atoms. The van der Waals surface area contributed by atoms with Gasteiger partial charge in [0.2, 0.25) is 0 Å². The quantitative estimate of drug-likeness (QED) is 0.710. The summed E-state index contributed by atoms with van der Waals surface area (Å²) in [5, 5.41) is 3.55. The van der Waals surface area contributed by atoms with E-state index in [1.807, 2.05) is 0 Å². The summed E-state index contributed by atoms with van der Waals surface area (Å²) in [6, 6.07) is 8.47. The van der Waals surface area contributed by atoms with Crippen molar-refractivity contribution in [1.82, 2.24) is 5.32 Å². The van der Waals surface area contributed by atoms with Crippen molar-refractivity contribution in [3.63, 3.8) is 0 Å². The highest BCUT2D eigenvalue weighted by Crippen LogP contribution is 2.26. The van der Waals surface area contributed by atoms with Crippen molar-refractivity contribution < 1.29 is 4.74 Å². The molecule has 2 heteroatoms. The van der Waals surface area contributed by atoms with Crippen LogP contribution in [0.4, 0.5) is 0 Å². The standard InChI is InChI=1S/C17H27NO/c1-2-13-19-17-9-7-16(8-10-17)14-18-12-11-15-5-3-4-6-15/h7-10,15,18H,2-6,11-14H2,1H3. The molecule has 2 nitrogen and oxygen atoms in total. The first-order chi connectivity index (χ1) is 9.38. The Morgan fingerprint density at radius 3 is 2.58 bits per heavy atom. The fraction of sp³-hybridized carbons (Fsp3) is 0.647. The molecule has 1 N–H and O–H groups in total. The van der Waals surface area contributed by atoms with E-state index >= 15 is 0 Å². The first-order valence-electron chi connectivity index (χ1n) is 7.81. The van der Waals surface area contributed by atoms with E-state index in [9.17, 15) is 0 Å². The third kappa shape index (κ3) is 5.23. The summed E-state index contributed by atoms with van der Waals surface area (Å²) in [7, 11) is 0. The van der Waals surface area contributed by atoms with Crippen LogP contribution >= 0.6 is 0 Å². The van der Waals surface area contributed by atoms with E-state index in [0.29, 0.717) is 0 Å². The van der Waals surface area contributed by atoms with Gasteiger partial charge in [-0.05, 0) is 43.0 Å². The lowest BCUT2D eigenvalue weighted by Crippen LogP contribution is -2.16. The van der Waals surface area contributed by atoms with Crippen molar-refractivity contribution in [2.24, 2.45) is 5.92 Å². The minimum absolute atomic E-state index is 0.805. The number of benzene rings is 1. The van der Waals surface area contributed by atoms with Gasteiger partial charge in [-0.3, -0.25) is 0 Å². The Morgan fingerprint density at radius 2 is 1.89 bits per heavy atom. The third-order valence-corrected chi connectivity index (χ3v) is 3.93. The highest BCUT2D eigenvalue weighted by Gasteiger charge is 2.13. The molecule has 1 aromatic carbocycles. The Bertz CT molecular complexity index is 341. The molecule has 0 heterocycles. The molecule has 1 saturated carbocycles. The molecule has 0 spiro atoms. The van der Waals surface area contributed by atoms with Gasteiger partial charge in [-0.15, -0.1) is 0 Å². The summed E-state index contributed by atoms with van der Waals surface area (Å²) in [6.07, 6.45) is 8.20. The molecular weight excluding hydrogens is 234 g/mol. The van der Waals surface area contributed by atoms with E-state index in [2.05, 4.69) is 36.5 Å². The zero-order valence-electron chi connectivity index (χ0n) is 12.2. The normalized spacial score (nSPS) is 15.8. The molecule has 1 aromatic rings. The monoisotopic (exact) mass is 261 g/mol. The lowest BCUT2D eigenvalue weighted by molar-refractivity contribution is 0.317. The highest BCUT2D eigenvalue weighted by atomic mass is 16.5. The smallest absolute Gasteiger partial charge is 0.119 e. The van der Waals surface area contributed by atoms with Gasteiger partial charge in [0.1, 0.15) is 5.75 Å². The van der Waals surface area contributed by atoms with E-state index in [-0.39, 0.29) is 0 Å². The van der Waals surface area contributed by atoms with Crippen LogP contribution in [0.3, 0.4) is 0 Å². The molecule has 1 aliphatic carbocycles. The molecule has 0 saturated heterocycles. The first-order valence-corrected chi connectivity index (χ1v) is 7.81. The zero-order chi connectivity index (χ0) is 13.3. The maximum Gasteiger partial charge on any atom is 0.119 e. The second-order valence-electron chi connectivity index (χ2n) is 5.61. The minimum atomic E-state index is 0.805. The molecule has 0 bridgehead atoms. The van der Waals surface area contributed by atoms with Crippen LogP contribution in [0, 0.1) is 5.92 Å². The molecule has 0 aliphatic heterocycles. The lowest BCUT2D eigenvalue weighted by Gasteiger charge is -2.10. The van der Waals surface area contributed by atoms with Crippen LogP contribution in [0.5, 0.6) is 5.75 Å². The molecule has 2 rings (SSSR count). The van der Waals surface area contributed by atoms with Crippen LogP contribution in [-0.4, -0.2) is 13.2 Å². The van der Waals surface area contributed by atoms with Crippen LogP contribution in [-0.2, 0) is 6.54 Å². The van der Waals surface area contributed by atoms with Crippen LogP contribution in [0.1, 0.15) is 51.0 Å². The zero-order valence-corrected chi connectivity index (χ0v) is 12.2. The highest BCUT2D eigenvalue weighted by molar-refractivity contribution is 5.27. The van der Waals surface area contributed by atoms with E-state index in [0.717, 1.165) is 37.8 Å². The Kier molecular flexibility index (Phi) is 6.22. The van der Waals surface area contributed by atoms with Crippen molar-refractivity contribution in [1.29, 1.82) is 0 Å². The van der Waals surface area contributed by atoms with Crippen molar-refractivity contribution >= 4 is 0 Å². The molecule has 1 fully saturated rings. The predicted molar refractivity (Wildman–Crippen MR) is 80.5 cm³/mol. The molecule has 1 aliphatic rings. The molecule has 106 valence electrons. The van der Waals surface area contributed by atoms with Crippen molar-refractivity contribution in [2.75, 3.05) is 13.2 Å². The molecule has 0 radical (unpaired) electrons. The third-order valence-electron chi connectivity index (χ3n) is 3.93. The number of hydrogen-bond donors (Lipinski definition) is 1. The maximum atomic E-state index is 5.58. The van der Waals surface area contributed by atoms with Gasteiger partial charge in [-0.1, -0.05) is 44.7 Å². The van der Waals surface area contributed by atoms with Crippen LogP contribution in [0.15, 0.2) is 24.3 Å². The predicted octanol–water partition coefficient (Wildman–Crippen LogP) is 4.15. The molecular formula is C17H27NO. The van der Waals surface area contributed by atoms with E-state index in [4.69, 9.17) is 4.74 Å². The number of nitrogens with one attached hydrogen (secondary N) is 1. The second-order valence-corrected chi connectivity index (χ2v) is 5.61. The van der Waals surface area contributed by atoms with Crippen molar-refractivity contribution in [2.45, 2.75) is 52.0 Å². The molecule has 0 atom stereocenters. The average Bonchev–Trinajstić information content (AvgIpc) is 2.96. The van der Waals surface area contributed by atoms with Crippen LogP contribution in [0.25, 0.3) is 0 Å². The Labute approximate surface area is 117 Å². The number of rotatable bonds is 8. The van der Waals surface area contributed by atoms with Gasteiger partial charge in [0.15, 0.2) is 0 Å². The van der Waals surface area contributed by atoms with Gasteiger partial charge < -0.3 is 10.1 Å². The Hall–Kier alpha value is -1.02. The topological polar surface area (TPSA) is 21.3 Å². The van der Waals surface area contributed by atoms with Gasteiger partial charge in [-0.25, -0.2) is 0 Å². The molecule has 0 unspecified atom stereocenters. The van der Waals surface area contributed by atoms with Gasteiger partial charge in [0.05, 0.1) is 6.61 Å². The van der Waals surface area contributed by atoms with E-state index in [1.165, 1.54) is 37.7 Å². The largest absolute Gasteiger partial charge is 0.494 e. The van der Waals surface area contributed by atoms with E-state index in [1.54, 1.807) is 0 Å². The average molecular weight is 261 g/mol. The maximum absolute atomic E-state index is 5.58. The number of ether oxygens (including phenoxy) is 1. The fourth-order valence-corrected chi connectivity index (χ4v) is 2.76. The van der Waals surface area contributed by atoms with E-state index < -0.39 is 0 Å². The molecule has 0 amide bonds. The summed E-state index contributed by atoms with van der Waals surface area (Å²) < 4.78 is 5.58. The molecule has 0 aromatic heterocycles. The van der Waals surface area contributed by atoms with Gasteiger partial charge in [0, 0.05) is 6.54 Å². The Balaban J connectivity index is 1.62. The van der Waals surface area contributed by atoms with Crippen molar-refractivity contribution in [3.8, 4) is 5.75 Å². The minimum Gasteiger partial charge on any atom is -0.494 e. The van der Waals surface area contributed by atoms with Crippen molar-refractivity contribution in [3.05, 3.63) is 29.8 Å². The summed E-state index contributed by atoms with van der Waals surface area (Å²) >= 11 is 0.